The molecule has 0 aliphatic rings. The first-order chi connectivity index (χ1) is 7.86. The maximum atomic E-state index is 4.32. The Labute approximate surface area is 96.7 Å². The van der Waals surface area contributed by atoms with E-state index in [0.29, 0.717) is 6.04 Å². The van der Waals surface area contributed by atoms with Gasteiger partial charge in [-0.1, -0.05) is 37.6 Å². The predicted molar refractivity (Wildman–Crippen MR) is 68.5 cm³/mol. The highest BCUT2D eigenvalue weighted by Gasteiger charge is 2.11. The fourth-order valence-electron chi connectivity index (χ4n) is 2.16. The third-order valence-corrected chi connectivity index (χ3v) is 3.00. The summed E-state index contributed by atoms with van der Waals surface area (Å²) in [6.45, 7) is 2.21. The molecule has 0 saturated heterocycles. The highest BCUT2D eigenvalue weighted by molar-refractivity contribution is 5.85. The van der Waals surface area contributed by atoms with E-state index in [4.69, 9.17) is 0 Å². The van der Waals surface area contributed by atoms with Crippen molar-refractivity contribution in [2.75, 3.05) is 7.05 Å². The minimum Gasteiger partial charge on any atom is -0.313 e. The van der Waals surface area contributed by atoms with Gasteiger partial charge in [-0.15, -0.1) is 0 Å². The predicted octanol–water partition coefficient (Wildman–Crippen LogP) is 3.30. The molecule has 0 saturated carbocycles. The van der Waals surface area contributed by atoms with Crippen molar-refractivity contribution in [1.82, 2.24) is 10.3 Å². The van der Waals surface area contributed by atoms with Crippen LogP contribution in [-0.4, -0.2) is 12.0 Å². The maximum absolute atomic E-state index is 4.32. The lowest BCUT2D eigenvalue weighted by molar-refractivity contribution is 0.543. The largest absolute Gasteiger partial charge is 0.313 e. The van der Waals surface area contributed by atoms with Gasteiger partial charge < -0.3 is 5.32 Å². The summed E-state index contributed by atoms with van der Waals surface area (Å²) in [6.07, 6.45) is 6.23. The number of rotatable bonds is 4. The van der Waals surface area contributed by atoms with Gasteiger partial charge in [0.1, 0.15) is 0 Å². The van der Waals surface area contributed by atoms with E-state index in [1.54, 1.807) is 0 Å². The summed E-state index contributed by atoms with van der Waals surface area (Å²) in [5.41, 5.74) is 1.31. The number of benzene rings is 1. The van der Waals surface area contributed by atoms with Crippen LogP contribution in [0.1, 0.15) is 31.4 Å². The van der Waals surface area contributed by atoms with Crippen LogP contribution in [0.2, 0.25) is 0 Å². The molecule has 1 unspecified atom stereocenters. The molecule has 1 aromatic heterocycles. The summed E-state index contributed by atoms with van der Waals surface area (Å²) in [5, 5.41) is 5.90. The Hall–Kier alpha value is -1.41. The zero-order valence-electron chi connectivity index (χ0n) is 9.90. The van der Waals surface area contributed by atoms with Crippen molar-refractivity contribution < 1.29 is 0 Å². The van der Waals surface area contributed by atoms with Gasteiger partial charge in [-0.2, -0.15) is 0 Å². The normalized spacial score (nSPS) is 12.9. The molecule has 0 aliphatic carbocycles. The summed E-state index contributed by atoms with van der Waals surface area (Å²) in [4.78, 5) is 4.32. The quantitative estimate of drug-likeness (QED) is 0.844. The van der Waals surface area contributed by atoms with E-state index in [1.165, 1.54) is 22.8 Å². The molecule has 2 rings (SSSR count). The lowest BCUT2D eigenvalue weighted by Crippen LogP contribution is -2.16. The zero-order valence-corrected chi connectivity index (χ0v) is 9.90. The van der Waals surface area contributed by atoms with Crippen molar-refractivity contribution in [3.63, 3.8) is 0 Å². The Morgan fingerprint density at radius 3 is 2.81 bits per heavy atom. The molecule has 0 fully saturated rings. The fourth-order valence-corrected chi connectivity index (χ4v) is 2.16. The summed E-state index contributed by atoms with van der Waals surface area (Å²) >= 11 is 0. The maximum Gasteiger partial charge on any atom is 0.0346 e. The van der Waals surface area contributed by atoms with Crippen LogP contribution in [0, 0.1) is 0 Å². The molecule has 1 atom stereocenters. The van der Waals surface area contributed by atoms with Gasteiger partial charge in [0.25, 0.3) is 0 Å². The Bertz CT molecular complexity index is 460. The van der Waals surface area contributed by atoms with E-state index in [-0.39, 0.29) is 0 Å². The number of hydrogen-bond acceptors (Lipinski definition) is 2. The summed E-state index contributed by atoms with van der Waals surface area (Å²) in [6, 6.07) is 8.84. The number of hydrogen-bond donors (Lipinski definition) is 1. The Morgan fingerprint density at radius 1 is 1.25 bits per heavy atom. The second-order valence-corrected chi connectivity index (χ2v) is 4.08. The molecule has 1 heterocycles. The van der Waals surface area contributed by atoms with Crippen LogP contribution in [0.3, 0.4) is 0 Å². The van der Waals surface area contributed by atoms with Gasteiger partial charge in [-0.25, -0.2) is 0 Å². The van der Waals surface area contributed by atoms with Crippen molar-refractivity contribution >= 4 is 10.8 Å². The van der Waals surface area contributed by atoms with Crippen molar-refractivity contribution in [2.45, 2.75) is 25.8 Å². The van der Waals surface area contributed by atoms with Gasteiger partial charge in [0.05, 0.1) is 0 Å². The number of aromatic nitrogens is 1. The third-order valence-electron chi connectivity index (χ3n) is 3.00. The molecule has 16 heavy (non-hydrogen) atoms. The monoisotopic (exact) mass is 214 g/mol. The summed E-state index contributed by atoms with van der Waals surface area (Å²) in [7, 11) is 2.02. The average molecular weight is 214 g/mol. The average Bonchev–Trinajstić information content (AvgIpc) is 2.35. The standard InChI is InChI=1S/C14H18N2/c1-3-6-14(15-2)13-10-16-9-11-7-4-5-8-12(11)13/h4-5,7-10,14-15H,3,6H2,1-2H3. The van der Waals surface area contributed by atoms with Gasteiger partial charge in [0.2, 0.25) is 0 Å². The minimum atomic E-state index is 0.406. The van der Waals surface area contributed by atoms with Crippen molar-refractivity contribution in [3.8, 4) is 0 Å². The van der Waals surface area contributed by atoms with Gasteiger partial charge in [0.15, 0.2) is 0 Å². The number of nitrogens with one attached hydrogen (secondary N) is 1. The van der Waals surface area contributed by atoms with Crippen LogP contribution in [0.5, 0.6) is 0 Å². The van der Waals surface area contributed by atoms with Gasteiger partial charge in [-0.3, -0.25) is 4.98 Å². The molecule has 2 aromatic rings. The topological polar surface area (TPSA) is 24.9 Å². The first-order valence-corrected chi connectivity index (χ1v) is 5.86. The molecule has 0 amide bonds. The molecule has 2 heteroatoms. The van der Waals surface area contributed by atoms with Crippen LogP contribution in [0.25, 0.3) is 10.8 Å². The Morgan fingerprint density at radius 2 is 2.06 bits per heavy atom. The second-order valence-electron chi connectivity index (χ2n) is 4.08. The molecule has 0 aliphatic heterocycles. The fraction of sp³-hybridized carbons (Fsp3) is 0.357. The number of pyridine rings is 1. The number of fused-ring (bicyclic) bond motifs is 1. The molecule has 0 spiro atoms. The van der Waals surface area contributed by atoms with E-state index < -0.39 is 0 Å². The van der Waals surface area contributed by atoms with Crippen LogP contribution in [0.4, 0.5) is 0 Å². The highest BCUT2D eigenvalue weighted by atomic mass is 14.9. The smallest absolute Gasteiger partial charge is 0.0346 e. The Balaban J connectivity index is 2.50. The van der Waals surface area contributed by atoms with Gasteiger partial charge >= 0.3 is 0 Å². The molecule has 0 radical (unpaired) electrons. The lowest BCUT2D eigenvalue weighted by Gasteiger charge is -2.17. The molecular formula is C14H18N2. The van der Waals surface area contributed by atoms with E-state index >= 15 is 0 Å². The van der Waals surface area contributed by atoms with E-state index in [0.717, 1.165) is 6.42 Å². The lowest BCUT2D eigenvalue weighted by atomic mass is 9.99. The van der Waals surface area contributed by atoms with Crippen LogP contribution < -0.4 is 5.32 Å². The molecule has 84 valence electrons. The third kappa shape index (κ3) is 2.07. The van der Waals surface area contributed by atoms with E-state index in [1.807, 2.05) is 19.4 Å². The van der Waals surface area contributed by atoms with Gasteiger partial charge in [0, 0.05) is 23.8 Å². The van der Waals surface area contributed by atoms with Crippen molar-refractivity contribution in [2.24, 2.45) is 0 Å². The second kappa shape index (κ2) is 5.08. The first-order valence-electron chi connectivity index (χ1n) is 5.86. The van der Waals surface area contributed by atoms with E-state index in [9.17, 15) is 0 Å². The first kappa shape index (κ1) is 11.1. The van der Waals surface area contributed by atoms with Crippen LogP contribution >= 0.6 is 0 Å². The SMILES string of the molecule is CCCC(NC)c1cncc2ccccc12. The molecule has 1 N–H and O–H groups in total. The molecular weight excluding hydrogens is 196 g/mol. The summed E-state index contributed by atoms with van der Waals surface area (Å²) in [5.74, 6) is 0. The van der Waals surface area contributed by atoms with Crippen LogP contribution in [0.15, 0.2) is 36.7 Å². The number of nitrogens with zero attached hydrogens (tertiary/aromatic N) is 1. The highest BCUT2D eigenvalue weighted by Crippen LogP contribution is 2.25. The Kier molecular flexibility index (Phi) is 3.52. The minimum absolute atomic E-state index is 0.406. The molecule has 1 aromatic carbocycles. The van der Waals surface area contributed by atoms with E-state index in [2.05, 4.69) is 41.5 Å². The van der Waals surface area contributed by atoms with Crippen molar-refractivity contribution in [1.29, 1.82) is 0 Å². The van der Waals surface area contributed by atoms with Gasteiger partial charge in [-0.05, 0) is 24.4 Å². The van der Waals surface area contributed by atoms with Crippen molar-refractivity contribution in [3.05, 3.63) is 42.2 Å². The summed E-state index contributed by atoms with van der Waals surface area (Å²) < 4.78 is 0. The molecule has 2 nitrogen and oxygen atoms in total. The zero-order chi connectivity index (χ0) is 11.4. The molecule has 0 bridgehead atoms. The van der Waals surface area contributed by atoms with Crippen LogP contribution in [-0.2, 0) is 0 Å².